The summed E-state index contributed by atoms with van der Waals surface area (Å²) in [4.78, 5) is 14.8. The molecular weight excluding hydrogens is 671 g/mol. The van der Waals surface area contributed by atoms with Crippen molar-refractivity contribution >= 4 is 54.3 Å². The van der Waals surface area contributed by atoms with Crippen LogP contribution in [0.15, 0.2) is 192 Å². The highest BCUT2D eigenvalue weighted by atomic mass is 16.3. The Hall–Kier alpha value is -7.43. The predicted molar refractivity (Wildman–Crippen MR) is 227 cm³/mol. The third kappa shape index (κ3) is 5.19. The molecule has 0 aliphatic carbocycles. The van der Waals surface area contributed by atoms with Crippen molar-refractivity contribution in [3.8, 4) is 56.4 Å². The van der Waals surface area contributed by atoms with Crippen molar-refractivity contribution in [2.45, 2.75) is 0 Å². The van der Waals surface area contributed by atoms with Gasteiger partial charge in [0.2, 0.25) is 0 Å². The average molecular weight is 702 g/mol. The molecule has 0 saturated heterocycles. The molecular formula is C51H31N3O. The lowest BCUT2D eigenvalue weighted by Gasteiger charge is -2.13. The molecule has 0 atom stereocenters. The van der Waals surface area contributed by atoms with Crippen molar-refractivity contribution in [2.75, 3.05) is 0 Å². The third-order valence-electron chi connectivity index (χ3n) is 10.7. The summed E-state index contributed by atoms with van der Waals surface area (Å²) in [7, 11) is 0. The molecule has 11 rings (SSSR count). The molecule has 0 bridgehead atoms. The number of benzene rings is 9. The Labute approximate surface area is 317 Å². The zero-order valence-electron chi connectivity index (χ0n) is 29.6. The van der Waals surface area contributed by atoms with E-state index in [9.17, 15) is 0 Å². The highest BCUT2D eigenvalue weighted by molar-refractivity contribution is 6.26. The summed E-state index contributed by atoms with van der Waals surface area (Å²) in [6, 6.07) is 65.8. The van der Waals surface area contributed by atoms with E-state index >= 15 is 0 Å². The topological polar surface area (TPSA) is 51.8 Å². The van der Waals surface area contributed by atoms with Gasteiger partial charge < -0.3 is 4.42 Å². The molecule has 0 radical (unpaired) electrons. The number of aromatic nitrogens is 3. The summed E-state index contributed by atoms with van der Waals surface area (Å²) in [6.07, 6.45) is 0. The molecule has 0 spiro atoms. The molecule has 0 N–H and O–H groups in total. The van der Waals surface area contributed by atoms with Gasteiger partial charge >= 0.3 is 0 Å². The Kier molecular flexibility index (Phi) is 7.14. The minimum atomic E-state index is 0.630. The van der Waals surface area contributed by atoms with Crippen molar-refractivity contribution in [3.05, 3.63) is 188 Å². The largest absolute Gasteiger partial charge is 0.456 e. The lowest BCUT2D eigenvalue weighted by Crippen LogP contribution is -2.00. The molecule has 11 aromatic rings. The van der Waals surface area contributed by atoms with E-state index in [4.69, 9.17) is 19.4 Å². The Morgan fingerprint density at radius 1 is 0.273 bits per heavy atom. The minimum Gasteiger partial charge on any atom is -0.456 e. The number of rotatable bonds is 5. The maximum atomic E-state index is 6.57. The molecule has 0 amide bonds. The first-order valence-electron chi connectivity index (χ1n) is 18.5. The summed E-state index contributed by atoms with van der Waals surface area (Å²) in [5.74, 6) is 1.92. The minimum absolute atomic E-state index is 0.630. The van der Waals surface area contributed by atoms with Gasteiger partial charge in [0.15, 0.2) is 17.5 Å². The second-order valence-corrected chi connectivity index (χ2v) is 13.9. The van der Waals surface area contributed by atoms with E-state index in [0.29, 0.717) is 17.5 Å². The fourth-order valence-electron chi connectivity index (χ4n) is 8.16. The van der Waals surface area contributed by atoms with Gasteiger partial charge in [-0.25, -0.2) is 15.0 Å². The molecule has 0 saturated carbocycles. The van der Waals surface area contributed by atoms with Gasteiger partial charge in [0.25, 0.3) is 0 Å². The SMILES string of the molecule is c1ccc(-c2nc(-c3ccccc3)nc(-c3ccc(-c4cccc5oc6cccc(-c7ccc8c9ccccc9c9ccccc9c8c7)c6c45)cc3)n2)cc1. The second kappa shape index (κ2) is 12.6. The van der Waals surface area contributed by atoms with Crippen LogP contribution in [-0.4, -0.2) is 15.0 Å². The zero-order chi connectivity index (χ0) is 36.3. The van der Waals surface area contributed by atoms with Crippen LogP contribution in [0.1, 0.15) is 0 Å². The van der Waals surface area contributed by atoms with Gasteiger partial charge in [-0.3, -0.25) is 0 Å². The monoisotopic (exact) mass is 701 g/mol. The first-order valence-corrected chi connectivity index (χ1v) is 18.5. The highest BCUT2D eigenvalue weighted by Gasteiger charge is 2.19. The quantitative estimate of drug-likeness (QED) is 0.168. The first kappa shape index (κ1) is 31.1. The standard InChI is InChI=1S/C51H31N3O/c1-3-13-33(14-4-1)49-52-50(34-15-5-2-6-16-34)54-51(53-49)35-27-25-32(26-28-35)37-21-11-23-45-47(37)48-38(22-12-24-46(48)55-45)36-29-30-43-41-19-8-7-17-39(41)40-18-9-10-20-42(40)44(43)31-36/h1-31H. The first-order chi connectivity index (χ1) is 27.3. The van der Waals surface area contributed by atoms with Crippen LogP contribution in [0.3, 0.4) is 0 Å². The molecule has 256 valence electrons. The molecule has 2 heterocycles. The number of nitrogens with zero attached hydrogens (tertiary/aromatic N) is 3. The molecule has 2 aromatic heterocycles. The summed E-state index contributed by atoms with van der Waals surface area (Å²) >= 11 is 0. The van der Waals surface area contributed by atoms with Gasteiger partial charge in [-0.05, 0) is 72.8 Å². The van der Waals surface area contributed by atoms with Crippen LogP contribution in [0.4, 0.5) is 0 Å². The van der Waals surface area contributed by atoms with Gasteiger partial charge in [0, 0.05) is 27.5 Å². The molecule has 0 aliphatic heterocycles. The Bertz CT molecular complexity index is 3150. The zero-order valence-corrected chi connectivity index (χ0v) is 29.6. The average Bonchev–Trinajstić information content (AvgIpc) is 3.66. The summed E-state index contributed by atoms with van der Waals surface area (Å²) in [5.41, 5.74) is 9.04. The number of furan rings is 1. The maximum Gasteiger partial charge on any atom is 0.164 e. The smallest absolute Gasteiger partial charge is 0.164 e. The van der Waals surface area contributed by atoms with Crippen LogP contribution in [0.25, 0.3) is 111 Å². The molecule has 4 nitrogen and oxygen atoms in total. The van der Waals surface area contributed by atoms with Crippen LogP contribution in [0, 0.1) is 0 Å². The summed E-state index contributed by atoms with van der Waals surface area (Å²) in [5, 5.41) is 9.79. The normalized spacial score (nSPS) is 11.6. The third-order valence-corrected chi connectivity index (χ3v) is 10.7. The second-order valence-electron chi connectivity index (χ2n) is 13.9. The van der Waals surface area contributed by atoms with Crippen molar-refractivity contribution in [1.29, 1.82) is 0 Å². The van der Waals surface area contributed by atoms with Gasteiger partial charge in [0.05, 0.1) is 0 Å². The van der Waals surface area contributed by atoms with E-state index in [0.717, 1.165) is 60.9 Å². The molecule has 9 aromatic carbocycles. The van der Waals surface area contributed by atoms with Crippen molar-refractivity contribution in [3.63, 3.8) is 0 Å². The van der Waals surface area contributed by atoms with E-state index in [1.165, 1.54) is 32.3 Å². The molecule has 0 unspecified atom stereocenters. The molecule has 4 heteroatoms. The van der Waals surface area contributed by atoms with Crippen LogP contribution in [-0.2, 0) is 0 Å². The predicted octanol–water partition coefficient (Wildman–Crippen LogP) is 13.6. The van der Waals surface area contributed by atoms with Crippen LogP contribution < -0.4 is 0 Å². The van der Waals surface area contributed by atoms with Crippen LogP contribution in [0.2, 0.25) is 0 Å². The van der Waals surface area contributed by atoms with E-state index in [1.54, 1.807) is 0 Å². The summed E-state index contributed by atoms with van der Waals surface area (Å²) < 4.78 is 6.57. The lowest BCUT2D eigenvalue weighted by atomic mass is 9.90. The van der Waals surface area contributed by atoms with E-state index in [2.05, 4.69) is 127 Å². The number of hydrogen-bond donors (Lipinski definition) is 0. The Morgan fingerprint density at radius 2 is 0.655 bits per heavy atom. The lowest BCUT2D eigenvalue weighted by molar-refractivity contribution is 0.669. The van der Waals surface area contributed by atoms with E-state index in [1.807, 2.05) is 60.7 Å². The number of hydrogen-bond acceptors (Lipinski definition) is 4. The van der Waals surface area contributed by atoms with Gasteiger partial charge in [-0.1, -0.05) is 170 Å². The number of fused-ring (bicyclic) bond motifs is 9. The summed E-state index contributed by atoms with van der Waals surface area (Å²) in [6.45, 7) is 0. The van der Waals surface area contributed by atoms with Gasteiger partial charge in [-0.15, -0.1) is 0 Å². The fourth-order valence-corrected chi connectivity index (χ4v) is 8.16. The highest BCUT2D eigenvalue weighted by Crippen LogP contribution is 2.43. The molecule has 55 heavy (non-hydrogen) atoms. The van der Waals surface area contributed by atoms with Crippen molar-refractivity contribution < 1.29 is 4.42 Å². The van der Waals surface area contributed by atoms with Gasteiger partial charge in [0.1, 0.15) is 11.2 Å². The van der Waals surface area contributed by atoms with Crippen molar-refractivity contribution in [2.24, 2.45) is 0 Å². The Morgan fingerprint density at radius 3 is 1.16 bits per heavy atom. The maximum absolute atomic E-state index is 6.57. The molecule has 0 aliphatic rings. The van der Waals surface area contributed by atoms with Crippen molar-refractivity contribution in [1.82, 2.24) is 15.0 Å². The van der Waals surface area contributed by atoms with Crippen LogP contribution >= 0.6 is 0 Å². The molecule has 0 fully saturated rings. The van der Waals surface area contributed by atoms with Crippen LogP contribution in [0.5, 0.6) is 0 Å². The Balaban J connectivity index is 1.06. The van der Waals surface area contributed by atoms with E-state index < -0.39 is 0 Å². The van der Waals surface area contributed by atoms with Gasteiger partial charge in [-0.2, -0.15) is 0 Å². The van der Waals surface area contributed by atoms with E-state index in [-0.39, 0.29) is 0 Å². The fraction of sp³-hybridized carbons (Fsp3) is 0.